The molecule has 0 aliphatic carbocycles. The van der Waals surface area contributed by atoms with Crippen LogP contribution in [0.5, 0.6) is 0 Å². The van der Waals surface area contributed by atoms with Gasteiger partial charge in [-0.05, 0) is 42.5 Å². The summed E-state index contributed by atoms with van der Waals surface area (Å²) in [5, 5.41) is 1.45. The number of carbonyl (C=O) groups is 1. The van der Waals surface area contributed by atoms with Gasteiger partial charge in [0.2, 0.25) is 0 Å². The highest BCUT2D eigenvalue weighted by Gasteiger charge is 2.21. The Morgan fingerprint density at radius 3 is 2.33 bits per heavy atom. The number of nitrogens with one attached hydrogen (secondary N) is 1. The Morgan fingerprint density at radius 1 is 1.12 bits per heavy atom. The quantitative estimate of drug-likeness (QED) is 0.796. The molecule has 0 bridgehead atoms. The molecule has 0 aromatic heterocycles. The van der Waals surface area contributed by atoms with E-state index in [1.165, 1.54) is 44.5 Å². The van der Waals surface area contributed by atoms with E-state index < -0.39 is 15.9 Å². The van der Waals surface area contributed by atoms with E-state index >= 15 is 0 Å². The third-order valence-electron chi connectivity index (χ3n) is 3.12. The van der Waals surface area contributed by atoms with E-state index in [1.54, 1.807) is 12.1 Å². The highest BCUT2D eigenvalue weighted by Crippen LogP contribution is 2.26. The molecular formula is C15H14Cl2N2O4S. The van der Waals surface area contributed by atoms with Gasteiger partial charge in [-0.1, -0.05) is 23.2 Å². The molecule has 128 valence electrons. The predicted octanol–water partition coefficient (Wildman–Crippen LogP) is 3.43. The molecule has 2 aromatic rings. The maximum absolute atomic E-state index is 12.5. The van der Waals surface area contributed by atoms with Crippen molar-refractivity contribution in [2.24, 2.45) is 0 Å². The summed E-state index contributed by atoms with van der Waals surface area (Å²) in [4.78, 5) is 16.7. The molecule has 24 heavy (non-hydrogen) atoms. The Morgan fingerprint density at radius 2 is 1.75 bits per heavy atom. The lowest BCUT2D eigenvalue weighted by molar-refractivity contribution is -0.0757. The zero-order chi connectivity index (χ0) is 17.9. The number of rotatable bonds is 5. The van der Waals surface area contributed by atoms with Gasteiger partial charge in [-0.25, -0.2) is 13.5 Å². The van der Waals surface area contributed by atoms with E-state index in [1.807, 2.05) is 0 Å². The lowest BCUT2D eigenvalue weighted by atomic mass is 10.2. The fraction of sp³-hybridized carbons (Fsp3) is 0.133. The molecule has 0 saturated heterocycles. The van der Waals surface area contributed by atoms with Gasteiger partial charge in [0, 0.05) is 23.3 Å². The van der Waals surface area contributed by atoms with Gasteiger partial charge in [0.05, 0.1) is 12.1 Å². The van der Waals surface area contributed by atoms with Crippen LogP contribution < -0.4 is 4.72 Å². The normalized spacial score (nSPS) is 11.2. The molecule has 6 nitrogen and oxygen atoms in total. The van der Waals surface area contributed by atoms with Gasteiger partial charge < -0.3 is 0 Å². The van der Waals surface area contributed by atoms with Gasteiger partial charge >= 0.3 is 0 Å². The Hall–Kier alpha value is -1.80. The van der Waals surface area contributed by atoms with E-state index in [2.05, 4.69) is 4.72 Å². The second-order valence-corrected chi connectivity index (χ2v) is 7.24. The summed E-state index contributed by atoms with van der Waals surface area (Å²) in [6, 6.07) is 10.1. The predicted molar refractivity (Wildman–Crippen MR) is 92.8 cm³/mol. The van der Waals surface area contributed by atoms with Crippen LogP contribution in [0.3, 0.4) is 0 Å². The molecular weight excluding hydrogens is 375 g/mol. The molecule has 2 aromatic carbocycles. The Bertz CT molecular complexity index is 854. The zero-order valence-corrected chi connectivity index (χ0v) is 15.1. The maximum Gasteiger partial charge on any atom is 0.277 e. The minimum absolute atomic E-state index is 0.00640. The van der Waals surface area contributed by atoms with Crippen molar-refractivity contribution >= 4 is 44.8 Å². The van der Waals surface area contributed by atoms with Gasteiger partial charge in [0.15, 0.2) is 0 Å². The smallest absolute Gasteiger partial charge is 0.277 e. The van der Waals surface area contributed by atoms with E-state index in [0.29, 0.717) is 10.7 Å². The molecule has 9 heteroatoms. The lowest BCUT2D eigenvalue weighted by Crippen LogP contribution is -2.25. The number of hydrogen-bond donors (Lipinski definition) is 1. The number of halogens is 2. The summed E-state index contributed by atoms with van der Waals surface area (Å²) < 4.78 is 27.5. The largest absolute Gasteiger partial charge is 0.280 e. The number of sulfonamides is 1. The number of hydrogen-bond acceptors (Lipinski definition) is 4. The first-order chi connectivity index (χ1) is 11.2. The third-order valence-corrected chi connectivity index (χ3v) is 5.24. The molecule has 0 spiro atoms. The summed E-state index contributed by atoms with van der Waals surface area (Å²) >= 11 is 11.8. The van der Waals surface area contributed by atoms with Crippen LogP contribution >= 0.6 is 23.2 Å². The summed E-state index contributed by atoms with van der Waals surface area (Å²) in [5.41, 5.74) is 0.446. The van der Waals surface area contributed by atoms with Crippen LogP contribution in [-0.2, 0) is 14.9 Å². The highest BCUT2D eigenvalue weighted by molar-refractivity contribution is 7.92. The summed E-state index contributed by atoms with van der Waals surface area (Å²) in [7, 11) is -1.24. The highest BCUT2D eigenvalue weighted by atomic mass is 35.5. The fourth-order valence-corrected chi connectivity index (χ4v) is 3.55. The Balaban J connectivity index is 2.39. The standard InChI is InChI=1S/C15H14Cl2N2O4S/c1-19(23-2)15(20)10-3-8-13(17)14(9-10)24(21,22)18-12-6-4-11(16)5-7-12/h3-9,18H,1-2H3. The molecule has 0 radical (unpaired) electrons. The van der Waals surface area contributed by atoms with Gasteiger partial charge in [0.25, 0.3) is 15.9 Å². The molecule has 2 rings (SSSR count). The van der Waals surface area contributed by atoms with Gasteiger partial charge in [0.1, 0.15) is 4.90 Å². The molecule has 0 saturated carbocycles. The number of benzene rings is 2. The average Bonchev–Trinajstić information content (AvgIpc) is 2.55. The first-order valence-electron chi connectivity index (χ1n) is 6.64. The average molecular weight is 389 g/mol. The monoisotopic (exact) mass is 388 g/mol. The van der Waals surface area contributed by atoms with Gasteiger partial charge in [-0.15, -0.1) is 0 Å². The minimum atomic E-state index is -3.98. The molecule has 0 aliphatic rings. The van der Waals surface area contributed by atoms with Crippen molar-refractivity contribution in [2.75, 3.05) is 18.9 Å². The Kier molecular flexibility index (Phi) is 5.71. The summed E-state index contributed by atoms with van der Waals surface area (Å²) in [6.45, 7) is 0. The number of nitrogens with zero attached hydrogens (tertiary/aromatic N) is 1. The molecule has 1 amide bonds. The zero-order valence-electron chi connectivity index (χ0n) is 12.8. The molecule has 0 atom stereocenters. The van der Waals surface area contributed by atoms with Crippen molar-refractivity contribution in [3.8, 4) is 0 Å². The van der Waals surface area contributed by atoms with E-state index in [0.717, 1.165) is 5.06 Å². The van der Waals surface area contributed by atoms with Gasteiger partial charge in [-0.2, -0.15) is 0 Å². The molecule has 0 aliphatic heterocycles. The van der Waals surface area contributed by atoms with E-state index in [4.69, 9.17) is 28.0 Å². The van der Waals surface area contributed by atoms with Crippen LogP contribution in [0, 0.1) is 0 Å². The van der Waals surface area contributed by atoms with Crippen LogP contribution in [-0.4, -0.2) is 33.5 Å². The first-order valence-corrected chi connectivity index (χ1v) is 8.88. The van der Waals surface area contributed by atoms with Crippen molar-refractivity contribution in [1.82, 2.24) is 5.06 Å². The summed E-state index contributed by atoms with van der Waals surface area (Å²) in [5.74, 6) is -0.503. The second-order valence-electron chi connectivity index (χ2n) is 4.74. The van der Waals surface area contributed by atoms with E-state index in [9.17, 15) is 13.2 Å². The SMILES string of the molecule is CON(C)C(=O)c1ccc(Cl)c(S(=O)(=O)Nc2ccc(Cl)cc2)c1. The molecule has 0 fully saturated rings. The van der Waals surface area contributed by atoms with Crippen LogP contribution in [0.25, 0.3) is 0 Å². The molecule has 0 unspecified atom stereocenters. The van der Waals surface area contributed by atoms with Crippen LogP contribution in [0.1, 0.15) is 10.4 Å². The lowest BCUT2D eigenvalue weighted by Gasteiger charge is -2.15. The van der Waals surface area contributed by atoms with Crippen molar-refractivity contribution < 1.29 is 18.0 Å². The number of anilines is 1. The third kappa shape index (κ3) is 4.18. The van der Waals surface area contributed by atoms with Crippen LogP contribution in [0.2, 0.25) is 10.0 Å². The van der Waals surface area contributed by atoms with Crippen molar-refractivity contribution in [2.45, 2.75) is 4.90 Å². The number of amides is 1. The van der Waals surface area contributed by atoms with E-state index in [-0.39, 0.29) is 15.5 Å². The van der Waals surface area contributed by atoms with Crippen LogP contribution in [0.15, 0.2) is 47.4 Å². The minimum Gasteiger partial charge on any atom is -0.280 e. The maximum atomic E-state index is 12.5. The summed E-state index contributed by atoms with van der Waals surface area (Å²) in [6.07, 6.45) is 0. The first kappa shape index (κ1) is 18.5. The number of carbonyl (C=O) groups excluding carboxylic acids is 1. The Labute approximate surface area is 149 Å². The molecule has 0 heterocycles. The fourth-order valence-electron chi connectivity index (χ4n) is 1.84. The topological polar surface area (TPSA) is 75.7 Å². The number of hydroxylamine groups is 2. The van der Waals surface area contributed by atoms with Crippen molar-refractivity contribution in [3.05, 3.63) is 58.1 Å². The van der Waals surface area contributed by atoms with Gasteiger partial charge in [-0.3, -0.25) is 14.4 Å². The van der Waals surface area contributed by atoms with Crippen molar-refractivity contribution in [3.63, 3.8) is 0 Å². The van der Waals surface area contributed by atoms with Crippen LogP contribution in [0.4, 0.5) is 5.69 Å². The molecule has 1 N–H and O–H groups in total. The second kappa shape index (κ2) is 7.40. The van der Waals surface area contributed by atoms with Crippen molar-refractivity contribution in [1.29, 1.82) is 0 Å².